The van der Waals surface area contributed by atoms with Crippen molar-refractivity contribution in [1.29, 1.82) is 0 Å². The lowest BCUT2D eigenvalue weighted by molar-refractivity contribution is 0.0950. The van der Waals surface area contributed by atoms with Crippen LogP contribution in [-0.4, -0.2) is 20.3 Å². The van der Waals surface area contributed by atoms with Gasteiger partial charge in [-0.25, -0.2) is 9.97 Å². The number of thiazole rings is 1. The number of carbonyl (C=O) groups excluding carboxylic acids is 1. The van der Waals surface area contributed by atoms with Crippen molar-refractivity contribution in [3.63, 3.8) is 0 Å². The van der Waals surface area contributed by atoms with E-state index in [0.717, 1.165) is 26.6 Å². The second-order valence-electron chi connectivity index (χ2n) is 7.28. The quantitative estimate of drug-likeness (QED) is 0.423. The average Bonchev–Trinajstić information content (AvgIpc) is 3.39. The van der Waals surface area contributed by atoms with Gasteiger partial charge in [-0.2, -0.15) is 0 Å². The fraction of sp³-hybridized carbons (Fsp3) is 0.125. The zero-order chi connectivity index (χ0) is 21.2. The van der Waals surface area contributed by atoms with Crippen molar-refractivity contribution in [3.8, 4) is 5.75 Å². The topological polar surface area (TPSA) is 68.5 Å². The Balaban J connectivity index is 1.22. The third-order valence-electron chi connectivity index (χ3n) is 4.87. The summed E-state index contributed by atoms with van der Waals surface area (Å²) in [5.41, 5.74) is 4.38. The van der Waals surface area contributed by atoms with Crippen LogP contribution in [-0.2, 0) is 13.2 Å². The van der Waals surface area contributed by atoms with E-state index in [-0.39, 0.29) is 5.91 Å². The second kappa shape index (κ2) is 8.20. The van der Waals surface area contributed by atoms with Crippen LogP contribution in [0.5, 0.6) is 5.75 Å². The molecule has 6 nitrogen and oxygen atoms in total. The summed E-state index contributed by atoms with van der Waals surface area (Å²) < 4.78 is 8.98. The molecule has 31 heavy (non-hydrogen) atoms. The van der Waals surface area contributed by atoms with E-state index in [9.17, 15) is 4.79 Å². The van der Waals surface area contributed by atoms with Gasteiger partial charge in [-0.1, -0.05) is 24.3 Å². The van der Waals surface area contributed by atoms with Crippen LogP contribution in [0, 0.1) is 6.92 Å². The Morgan fingerprint density at radius 3 is 2.87 bits per heavy atom. The number of hydrogen-bond acceptors (Lipinski definition) is 5. The zero-order valence-electron chi connectivity index (χ0n) is 16.9. The van der Waals surface area contributed by atoms with E-state index in [1.165, 1.54) is 5.56 Å². The first-order valence-corrected chi connectivity index (χ1v) is 10.8. The van der Waals surface area contributed by atoms with Crippen molar-refractivity contribution in [2.45, 2.75) is 20.1 Å². The summed E-state index contributed by atoms with van der Waals surface area (Å²) in [6, 6.07) is 19.1. The Bertz CT molecular complexity index is 1360. The number of rotatable bonds is 6. The van der Waals surface area contributed by atoms with Crippen LogP contribution in [0.2, 0.25) is 0 Å². The molecular weight excluding hydrogens is 408 g/mol. The summed E-state index contributed by atoms with van der Waals surface area (Å²) in [4.78, 5) is 21.7. The first-order valence-electron chi connectivity index (χ1n) is 9.94. The molecule has 0 atom stereocenters. The Labute approximate surface area is 183 Å². The standard InChI is InChI=1S/C24H20N4O2S/c1-16-9-10-22-26-18(14-28(22)13-16)15-30-19-6-4-5-17(11-19)24(29)25-12-23-27-20-7-2-3-8-21(20)31-23/h2-11,13-14H,12,15H2,1H3,(H,25,29). The Hall–Kier alpha value is -3.71. The van der Waals surface area contributed by atoms with E-state index in [0.29, 0.717) is 24.5 Å². The van der Waals surface area contributed by atoms with E-state index in [1.807, 2.05) is 72.2 Å². The highest BCUT2D eigenvalue weighted by molar-refractivity contribution is 7.18. The summed E-state index contributed by atoms with van der Waals surface area (Å²) in [6.45, 7) is 2.77. The molecule has 0 aliphatic rings. The van der Waals surface area contributed by atoms with Gasteiger partial charge in [-0.05, 0) is 48.9 Å². The number of hydrogen-bond donors (Lipinski definition) is 1. The molecule has 7 heteroatoms. The fourth-order valence-electron chi connectivity index (χ4n) is 3.36. The third kappa shape index (κ3) is 4.27. The number of benzene rings is 2. The molecule has 2 aromatic carbocycles. The average molecular weight is 429 g/mol. The van der Waals surface area contributed by atoms with E-state index in [1.54, 1.807) is 23.5 Å². The van der Waals surface area contributed by atoms with Gasteiger partial charge in [0.05, 0.1) is 22.5 Å². The lowest BCUT2D eigenvalue weighted by Crippen LogP contribution is -2.22. The van der Waals surface area contributed by atoms with Gasteiger partial charge in [0.2, 0.25) is 0 Å². The van der Waals surface area contributed by atoms with Crippen molar-refractivity contribution in [3.05, 3.63) is 94.9 Å². The van der Waals surface area contributed by atoms with E-state index >= 15 is 0 Å². The molecule has 0 radical (unpaired) electrons. The molecule has 0 saturated carbocycles. The van der Waals surface area contributed by atoms with Gasteiger partial charge in [0.15, 0.2) is 0 Å². The monoisotopic (exact) mass is 428 g/mol. The molecule has 0 spiro atoms. The highest BCUT2D eigenvalue weighted by Gasteiger charge is 2.10. The number of nitrogens with zero attached hydrogens (tertiary/aromatic N) is 3. The van der Waals surface area contributed by atoms with Crippen molar-refractivity contribution in [1.82, 2.24) is 19.7 Å². The zero-order valence-corrected chi connectivity index (χ0v) is 17.7. The maximum Gasteiger partial charge on any atom is 0.251 e. The predicted molar refractivity (Wildman–Crippen MR) is 121 cm³/mol. The van der Waals surface area contributed by atoms with Crippen LogP contribution >= 0.6 is 11.3 Å². The molecule has 0 fully saturated rings. The number of imidazole rings is 1. The van der Waals surface area contributed by atoms with E-state index in [4.69, 9.17) is 4.74 Å². The summed E-state index contributed by atoms with van der Waals surface area (Å²) >= 11 is 1.59. The molecule has 154 valence electrons. The molecule has 0 saturated heterocycles. The van der Waals surface area contributed by atoms with Gasteiger partial charge >= 0.3 is 0 Å². The molecule has 3 heterocycles. The first-order chi connectivity index (χ1) is 15.1. The Morgan fingerprint density at radius 2 is 1.97 bits per heavy atom. The number of aryl methyl sites for hydroxylation is 1. The number of nitrogens with one attached hydrogen (secondary N) is 1. The van der Waals surface area contributed by atoms with Crippen molar-refractivity contribution in [2.24, 2.45) is 0 Å². The van der Waals surface area contributed by atoms with Crippen molar-refractivity contribution >= 4 is 33.1 Å². The minimum atomic E-state index is -0.159. The molecule has 1 amide bonds. The minimum Gasteiger partial charge on any atom is -0.487 e. The predicted octanol–water partition coefficient (Wildman–Crippen LogP) is 4.76. The first kappa shape index (κ1) is 19.3. The normalized spacial score (nSPS) is 11.1. The van der Waals surface area contributed by atoms with Gasteiger partial charge in [-0.15, -0.1) is 11.3 Å². The smallest absolute Gasteiger partial charge is 0.251 e. The lowest BCUT2D eigenvalue weighted by atomic mass is 10.2. The lowest BCUT2D eigenvalue weighted by Gasteiger charge is -2.07. The Morgan fingerprint density at radius 1 is 1.06 bits per heavy atom. The number of pyridine rings is 1. The van der Waals surface area contributed by atoms with Crippen LogP contribution in [0.4, 0.5) is 0 Å². The molecule has 0 aliphatic heterocycles. The van der Waals surface area contributed by atoms with Gasteiger partial charge in [0.1, 0.15) is 23.0 Å². The maximum atomic E-state index is 12.6. The van der Waals surface area contributed by atoms with E-state index in [2.05, 4.69) is 15.3 Å². The second-order valence-corrected chi connectivity index (χ2v) is 8.39. The van der Waals surface area contributed by atoms with Crippen LogP contribution < -0.4 is 10.1 Å². The Kier molecular flexibility index (Phi) is 5.09. The minimum absolute atomic E-state index is 0.159. The molecule has 3 aromatic heterocycles. The molecule has 0 aliphatic carbocycles. The number of amides is 1. The molecule has 5 aromatic rings. The maximum absolute atomic E-state index is 12.6. The molecule has 0 unspecified atom stereocenters. The molecule has 1 N–H and O–H groups in total. The number of carbonyl (C=O) groups is 1. The summed E-state index contributed by atoms with van der Waals surface area (Å²) in [5.74, 6) is 0.466. The highest BCUT2D eigenvalue weighted by Crippen LogP contribution is 2.21. The van der Waals surface area contributed by atoms with Gasteiger partial charge < -0.3 is 14.5 Å². The number of fused-ring (bicyclic) bond motifs is 2. The number of aromatic nitrogens is 3. The van der Waals surface area contributed by atoms with Crippen LogP contribution in [0.15, 0.2) is 73.1 Å². The summed E-state index contributed by atoms with van der Waals surface area (Å²) in [7, 11) is 0. The SMILES string of the molecule is Cc1ccc2nc(COc3cccc(C(=O)NCc4nc5ccccc5s4)c3)cn2c1. The molecule has 5 rings (SSSR count). The summed E-state index contributed by atoms with van der Waals surface area (Å²) in [6.07, 6.45) is 3.99. The van der Waals surface area contributed by atoms with E-state index < -0.39 is 0 Å². The van der Waals surface area contributed by atoms with Gasteiger partial charge in [0, 0.05) is 18.0 Å². The molecule has 0 bridgehead atoms. The third-order valence-corrected chi connectivity index (χ3v) is 5.91. The highest BCUT2D eigenvalue weighted by atomic mass is 32.1. The molecular formula is C24H20N4O2S. The van der Waals surface area contributed by atoms with Crippen LogP contribution in [0.3, 0.4) is 0 Å². The van der Waals surface area contributed by atoms with Crippen molar-refractivity contribution < 1.29 is 9.53 Å². The van der Waals surface area contributed by atoms with Crippen molar-refractivity contribution in [2.75, 3.05) is 0 Å². The summed E-state index contributed by atoms with van der Waals surface area (Å²) in [5, 5.41) is 3.82. The number of ether oxygens (including phenoxy) is 1. The van der Waals surface area contributed by atoms with Crippen LogP contribution in [0.1, 0.15) is 26.6 Å². The van der Waals surface area contributed by atoms with Gasteiger partial charge in [-0.3, -0.25) is 4.79 Å². The largest absolute Gasteiger partial charge is 0.487 e. The fourth-order valence-corrected chi connectivity index (χ4v) is 4.27. The number of para-hydroxylation sites is 1. The van der Waals surface area contributed by atoms with Gasteiger partial charge in [0.25, 0.3) is 5.91 Å². The van der Waals surface area contributed by atoms with Crippen LogP contribution in [0.25, 0.3) is 15.9 Å².